The highest BCUT2D eigenvalue weighted by atomic mass is 16.2. The molecule has 3 rings (SSSR count). The van der Waals surface area contributed by atoms with Gasteiger partial charge in [-0.2, -0.15) is 15.0 Å². The molecule has 1 fully saturated rings. The number of amides is 1. The maximum atomic E-state index is 12.4. The fourth-order valence-electron chi connectivity index (χ4n) is 2.94. The molecule has 1 aromatic carbocycles. The van der Waals surface area contributed by atoms with Crippen LogP contribution in [0.4, 0.5) is 0 Å². The molecule has 0 radical (unpaired) electrons. The van der Waals surface area contributed by atoms with E-state index in [-0.39, 0.29) is 11.9 Å². The van der Waals surface area contributed by atoms with Crippen LogP contribution in [0.3, 0.4) is 0 Å². The van der Waals surface area contributed by atoms with E-state index in [9.17, 15) is 4.79 Å². The number of carbonyl (C=O) groups is 1. The fourth-order valence-corrected chi connectivity index (χ4v) is 2.94. The number of rotatable bonds is 4. The summed E-state index contributed by atoms with van der Waals surface area (Å²) in [5.41, 5.74) is 3.82. The lowest BCUT2D eigenvalue weighted by atomic mass is 10.0. The van der Waals surface area contributed by atoms with Gasteiger partial charge in [0.05, 0.1) is 18.4 Å². The molecule has 1 atom stereocenters. The zero-order chi connectivity index (χ0) is 15.5. The summed E-state index contributed by atoms with van der Waals surface area (Å²) in [4.78, 5) is 16.0. The summed E-state index contributed by atoms with van der Waals surface area (Å²) in [6.07, 6.45) is 5.68. The Morgan fingerprint density at radius 1 is 1.23 bits per heavy atom. The zero-order valence-electron chi connectivity index (χ0n) is 13.2. The van der Waals surface area contributed by atoms with E-state index in [0.29, 0.717) is 6.42 Å². The Labute approximate surface area is 130 Å². The normalized spacial score (nSPS) is 17.9. The molecular weight excluding hydrogens is 276 g/mol. The van der Waals surface area contributed by atoms with E-state index >= 15 is 0 Å². The lowest BCUT2D eigenvalue weighted by Gasteiger charge is -2.16. The second kappa shape index (κ2) is 6.30. The van der Waals surface area contributed by atoms with Crippen LogP contribution < -0.4 is 0 Å². The monoisotopic (exact) mass is 298 g/mol. The second-order valence-electron chi connectivity index (χ2n) is 6.05. The molecule has 5 heteroatoms. The highest BCUT2D eigenvalue weighted by molar-refractivity contribution is 5.76. The van der Waals surface area contributed by atoms with Crippen LogP contribution in [0.1, 0.15) is 35.6 Å². The molecule has 1 saturated heterocycles. The summed E-state index contributed by atoms with van der Waals surface area (Å²) in [6, 6.07) is 6.66. The third-order valence-electron chi connectivity index (χ3n) is 4.48. The van der Waals surface area contributed by atoms with Gasteiger partial charge in [-0.25, -0.2) is 0 Å². The number of benzene rings is 1. The molecule has 5 nitrogen and oxygen atoms in total. The van der Waals surface area contributed by atoms with Crippen LogP contribution in [0, 0.1) is 13.8 Å². The van der Waals surface area contributed by atoms with Crippen molar-refractivity contribution in [2.75, 3.05) is 13.1 Å². The standard InChI is InChI=1S/C17H22N4O/c1-13-3-4-15(11-14(13)2)5-6-17(22)20-10-7-16(12-20)21-18-8-9-19-21/h3-4,8-9,11,16H,5-7,10,12H2,1-2H3. The van der Waals surface area contributed by atoms with Crippen molar-refractivity contribution in [3.63, 3.8) is 0 Å². The molecule has 1 amide bonds. The maximum Gasteiger partial charge on any atom is 0.222 e. The van der Waals surface area contributed by atoms with E-state index in [1.165, 1.54) is 16.7 Å². The van der Waals surface area contributed by atoms with Crippen LogP contribution >= 0.6 is 0 Å². The summed E-state index contributed by atoms with van der Waals surface area (Å²) in [5.74, 6) is 0.230. The summed E-state index contributed by atoms with van der Waals surface area (Å²) < 4.78 is 0. The quantitative estimate of drug-likeness (QED) is 0.870. The Bertz CT molecular complexity index is 651. The Kier molecular flexibility index (Phi) is 4.22. The van der Waals surface area contributed by atoms with Gasteiger partial charge in [0.15, 0.2) is 0 Å². The van der Waals surface area contributed by atoms with Crippen molar-refractivity contribution < 1.29 is 4.79 Å². The van der Waals surface area contributed by atoms with Gasteiger partial charge in [0, 0.05) is 19.5 Å². The van der Waals surface area contributed by atoms with E-state index in [2.05, 4.69) is 42.2 Å². The van der Waals surface area contributed by atoms with E-state index in [4.69, 9.17) is 0 Å². The first-order chi connectivity index (χ1) is 10.6. The molecule has 0 bridgehead atoms. The van der Waals surface area contributed by atoms with Crippen molar-refractivity contribution in [2.45, 2.75) is 39.2 Å². The van der Waals surface area contributed by atoms with Crippen LogP contribution in [0.5, 0.6) is 0 Å². The third-order valence-corrected chi connectivity index (χ3v) is 4.48. The van der Waals surface area contributed by atoms with Crippen LogP contribution in [0.25, 0.3) is 0 Å². The van der Waals surface area contributed by atoms with Gasteiger partial charge >= 0.3 is 0 Å². The summed E-state index contributed by atoms with van der Waals surface area (Å²) >= 11 is 0. The van der Waals surface area contributed by atoms with Crippen LogP contribution in [0.2, 0.25) is 0 Å². The van der Waals surface area contributed by atoms with Gasteiger partial charge < -0.3 is 4.90 Å². The van der Waals surface area contributed by atoms with Gasteiger partial charge in [-0.05, 0) is 43.4 Å². The van der Waals surface area contributed by atoms with Crippen molar-refractivity contribution in [3.05, 3.63) is 47.3 Å². The van der Waals surface area contributed by atoms with E-state index in [1.807, 2.05) is 4.90 Å². The molecule has 2 aromatic rings. The topological polar surface area (TPSA) is 51.0 Å². The largest absolute Gasteiger partial charge is 0.340 e. The molecule has 0 aliphatic carbocycles. The third kappa shape index (κ3) is 3.18. The predicted molar refractivity (Wildman–Crippen MR) is 84.5 cm³/mol. The Morgan fingerprint density at radius 3 is 2.73 bits per heavy atom. The van der Waals surface area contributed by atoms with Gasteiger partial charge in [-0.3, -0.25) is 4.79 Å². The number of aromatic nitrogens is 3. The number of hydrogen-bond donors (Lipinski definition) is 0. The molecule has 116 valence electrons. The second-order valence-corrected chi connectivity index (χ2v) is 6.05. The van der Waals surface area contributed by atoms with Crippen LogP contribution in [-0.4, -0.2) is 38.9 Å². The number of hydrogen-bond acceptors (Lipinski definition) is 3. The molecule has 1 aliphatic rings. The lowest BCUT2D eigenvalue weighted by Crippen LogP contribution is -2.29. The van der Waals surface area contributed by atoms with E-state index < -0.39 is 0 Å². The van der Waals surface area contributed by atoms with Gasteiger partial charge in [-0.1, -0.05) is 18.2 Å². The molecule has 1 aromatic heterocycles. The molecule has 0 saturated carbocycles. The van der Waals surface area contributed by atoms with E-state index in [0.717, 1.165) is 25.9 Å². The molecule has 22 heavy (non-hydrogen) atoms. The minimum Gasteiger partial charge on any atom is -0.340 e. The van der Waals surface area contributed by atoms with Gasteiger partial charge in [-0.15, -0.1) is 0 Å². The average molecular weight is 298 g/mol. The summed E-state index contributed by atoms with van der Waals surface area (Å²) in [6.45, 7) is 5.75. The van der Waals surface area contributed by atoms with E-state index in [1.54, 1.807) is 17.2 Å². The van der Waals surface area contributed by atoms with Gasteiger partial charge in [0.2, 0.25) is 5.91 Å². The number of carbonyl (C=O) groups excluding carboxylic acids is 1. The number of likely N-dealkylation sites (tertiary alicyclic amines) is 1. The van der Waals surface area contributed by atoms with Crippen LogP contribution in [-0.2, 0) is 11.2 Å². The van der Waals surface area contributed by atoms with Gasteiger partial charge in [0.25, 0.3) is 0 Å². The Hall–Kier alpha value is -2.17. The van der Waals surface area contributed by atoms with Gasteiger partial charge in [0.1, 0.15) is 0 Å². The van der Waals surface area contributed by atoms with Crippen molar-refractivity contribution >= 4 is 5.91 Å². The smallest absolute Gasteiger partial charge is 0.222 e. The first kappa shape index (κ1) is 14.8. The molecule has 0 N–H and O–H groups in total. The first-order valence-corrected chi connectivity index (χ1v) is 7.83. The zero-order valence-corrected chi connectivity index (χ0v) is 13.2. The van der Waals surface area contributed by atoms with Crippen molar-refractivity contribution in [1.29, 1.82) is 0 Å². The van der Waals surface area contributed by atoms with Crippen molar-refractivity contribution in [1.82, 2.24) is 19.9 Å². The minimum atomic E-state index is 0.223. The lowest BCUT2D eigenvalue weighted by molar-refractivity contribution is -0.130. The minimum absolute atomic E-state index is 0.223. The Morgan fingerprint density at radius 2 is 2.00 bits per heavy atom. The Balaban J connectivity index is 1.53. The SMILES string of the molecule is Cc1ccc(CCC(=O)N2CCC(n3nccn3)C2)cc1C. The summed E-state index contributed by atoms with van der Waals surface area (Å²) in [5, 5.41) is 8.34. The molecule has 1 aliphatic heterocycles. The molecule has 0 spiro atoms. The number of nitrogens with zero attached hydrogens (tertiary/aromatic N) is 4. The molecule has 2 heterocycles. The van der Waals surface area contributed by atoms with Crippen molar-refractivity contribution in [3.8, 4) is 0 Å². The highest BCUT2D eigenvalue weighted by Crippen LogP contribution is 2.21. The van der Waals surface area contributed by atoms with Crippen LogP contribution in [0.15, 0.2) is 30.6 Å². The molecule has 1 unspecified atom stereocenters. The molecular formula is C17H22N4O. The highest BCUT2D eigenvalue weighted by Gasteiger charge is 2.27. The van der Waals surface area contributed by atoms with Crippen molar-refractivity contribution in [2.24, 2.45) is 0 Å². The fraction of sp³-hybridized carbons (Fsp3) is 0.471. The predicted octanol–water partition coefficient (Wildman–Crippen LogP) is 2.30. The average Bonchev–Trinajstić information content (AvgIpc) is 3.18. The first-order valence-electron chi connectivity index (χ1n) is 7.83. The summed E-state index contributed by atoms with van der Waals surface area (Å²) in [7, 11) is 0. The number of aryl methyl sites for hydroxylation is 3. The maximum absolute atomic E-state index is 12.4.